The van der Waals surface area contributed by atoms with Crippen molar-refractivity contribution >= 4 is 21.8 Å². The lowest BCUT2D eigenvalue weighted by molar-refractivity contribution is -0.121. The maximum atomic E-state index is 11.7. The Morgan fingerprint density at radius 3 is 2.72 bits per heavy atom. The molecule has 18 heavy (non-hydrogen) atoms. The minimum atomic E-state index is 0.178. The summed E-state index contributed by atoms with van der Waals surface area (Å²) in [7, 11) is 0. The summed E-state index contributed by atoms with van der Waals surface area (Å²) in [6.07, 6.45) is 5.09. The van der Waals surface area contributed by atoms with E-state index < -0.39 is 0 Å². The van der Waals surface area contributed by atoms with E-state index in [1.54, 1.807) is 0 Å². The quantitative estimate of drug-likeness (QED) is 0.831. The molecule has 1 amide bonds. The van der Waals surface area contributed by atoms with Gasteiger partial charge in [0.1, 0.15) is 0 Å². The first-order chi connectivity index (χ1) is 8.74. The van der Waals surface area contributed by atoms with Crippen LogP contribution in [0.5, 0.6) is 0 Å². The van der Waals surface area contributed by atoms with Crippen LogP contribution in [-0.2, 0) is 11.2 Å². The molecule has 0 aliphatic heterocycles. The maximum Gasteiger partial charge on any atom is 0.220 e. The number of benzene rings is 1. The Morgan fingerprint density at radius 1 is 1.28 bits per heavy atom. The van der Waals surface area contributed by atoms with Crippen LogP contribution in [0.1, 0.15) is 31.2 Å². The molecule has 1 aliphatic rings. The molecule has 0 radical (unpaired) electrons. The summed E-state index contributed by atoms with van der Waals surface area (Å²) in [4.78, 5) is 12.4. The minimum Gasteiger partial charge on any atom is -0.356 e. The summed E-state index contributed by atoms with van der Waals surface area (Å²) in [6.45, 7) is 0.843. The fourth-order valence-corrected chi connectivity index (χ4v) is 3.24. The highest BCUT2D eigenvalue weighted by Crippen LogP contribution is 2.29. The molecule has 0 heterocycles. The van der Waals surface area contributed by atoms with E-state index in [-0.39, 0.29) is 5.91 Å². The highest BCUT2D eigenvalue weighted by atomic mass is 79.9. The monoisotopic (exact) mass is 309 g/mol. The number of hydrogen-bond acceptors (Lipinski definition) is 1. The average Bonchev–Trinajstić information content (AvgIpc) is 2.81. The standard InChI is InChI=1S/C15H20BrNO/c16-14-8-6-13(10-14)11-17-15(18)9-7-12-4-2-1-3-5-12/h1-5,13-14H,6-11H2,(H,17,18). The summed E-state index contributed by atoms with van der Waals surface area (Å²) in [6, 6.07) is 10.2. The minimum absolute atomic E-state index is 0.178. The summed E-state index contributed by atoms with van der Waals surface area (Å²) >= 11 is 3.63. The number of nitrogens with one attached hydrogen (secondary N) is 1. The van der Waals surface area contributed by atoms with Crippen LogP contribution in [-0.4, -0.2) is 17.3 Å². The second-order valence-electron chi connectivity index (χ2n) is 5.07. The van der Waals surface area contributed by atoms with Crippen LogP contribution < -0.4 is 5.32 Å². The number of amides is 1. The molecule has 2 rings (SSSR count). The third kappa shape index (κ3) is 4.45. The Hall–Kier alpha value is -0.830. The van der Waals surface area contributed by atoms with Gasteiger partial charge in [-0.05, 0) is 37.2 Å². The van der Waals surface area contributed by atoms with Crippen LogP contribution in [0.25, 0.3) is 0 Å². The zero-order valence-corrected chi connectivity index (χ0v) is 12.2. The fraction of sp³-hybridized carbons (Fsp3) is 0.533. The number of rotatable bonds is 5. The van der Waals surface area contributed by atoms with E-state index in [1.165, 1.54) is 24.8 Å². The molecule has 1 aromatic rings. The lowest BCUT2D eigenvalue weighted by Crippen LogP contribution is -2.28. The summed E-state index contributed by atoms with van der Waals surface area (Å²) in [5.74, 6) is 0.840. The van der Waals surface area contributed by atoms with Crippen LogP contribution in [0, 0.1) is 5.92 Å². The Balaban J connectivity index is 1.63. The van der Waals surface area contributed by atoms with Crippen molar-refractivity contribution in [3.05, 3.63) is 35.9 Å². The maximum absolute atomic E-state index is 11.7. The van der Waals surface area contributed by atoms with Crippen LogP contribution in [0.3, 0.4) is 0 Å². The van der Waals surface area contributed by atoms with E-state index >= 15 is 0 Å². The van der Waals surface area contributed by atoms with Gasteiger partial charge in [0.15, 0.2) is 0 Å². The molecule has 1 aliphatic carbocycles. The van der Waals surface area contributed by atoms with E-state index in [1.807, 2.05) is 18.2 Å². The molecule has 1 fully saturated rings. The molecule has 0 bridgehead atoms. The van der Waals surface area contributed by atoms with E-state index in [0.717, 1.165) is 13.0 Å². The summed E-state index contributed by atoms with van der Waals surface area (Å²) in [5, 5.41) is 3.06. The first-order valence-electron chi connectivity index (χ1n) is 6.68. The van der Waals surface area contributed by atoms with Crippen molar-refractivity contribution in [1.82, 2.24) is 5.32 Å². The van der Waals surface area contributed by atoms with Crippen LogP contribution in [0.2, 0.25) is 0 Å². The number of carbonyl (C=O) groups is 1. The highest BCUT2D eigenvalue weighted by molar-refractivity contribution is 9.09. The molecule has 1 N–H and O–H groups in total. The molecule has 3 heteroatoms. The SMILES string of the molecule is O=C(CCc1ccccc1)NCC1CCC(Br)C1. The van der Waals surface area contributed by atoms with Crippen molar-refractivity contribution in [2.45, 2.75) is 36.9 Å². The van der Waals surface area contributed by atoms with Gasteiger partial charge in [-0.2, -0.15) is 0 Å². The zero-order valence-electron chi connectivity index (χ0n) is 10.6. The van der Waals surface area contributed by atoms with Crippen molar-refractivity contribution in [2.75, 3.05) is 6.54 Å². The molecule has 1 saturated carbocycles. The molecule has 98 valence electrons. The number of hydrogen-bond donors (Lipinski definition) is 1. The van der Waals surface area contributed by atoms with Gasteiger partial charge < -0.3 is 5.32 Å². The van der Waals surface area contributed by atoms with Crippen molar-refractivity contribution in [1.29, 1.82) is 0 Å². The normalized spacial score (nSPS) is 22.9. The van der Waals surface area contributed by atoms with Gasteiger partial charge >= 0.3 is 0 Å². The van der Waals surface area contributed by atoms with Crippen LogP contribution >= 0.6 is 15.9 Å². The molecule has 2 nitrogen and oxygen atoms in total. The Morgan fingerprint density at radius 2 is 2.06 bits per heavy atom. The second-order valence-corrected chi connectivity index (χ2v) is 6.36. The van der Waals surface area contributed by atoms with Crippen LogP contribution in [0.15, 0.2) is 30.3 Å². The van der Waals surface area contributed by atoms with Gasteiger partial charge in [0.2, 0.25) is 5.91 Å². The van der Waals surface area contributed by atoms with E-state index in [9.17, 15) is 4.79 Å². The van der Waals surface area contributed by atoms with E-state index in [0.29, 0.717) is 17.2 Å². The molecule has 0 spiro atoms. The second kappa shape index (κ2) is 6.93. The van der Waals surface area contributed by atoms with E-state index in [4.69, 9.17) is 0 Å². The fourth-order valence-electron chi connectivity index (χ4n) is 2.45. The van der Waals surface area contributed by atoms with Gasteiger partial charge in [-0.3, -0.25) is 4.79 Å². The van der Waals surface area contributed by atoms with Crippen molar-refractivity contribution in [3.8, 4) is 0 Å². The summed E-state index contributed by atoms with van der Waals surface area (Å²) in [5.41, 5.74) is 1.23. The Labute approximate surface area is 117 Å². The van der Waals surface area contributed by atoms with Crippen molar-refractivity contribution in [3.63, 3.8) is 0 Å². The third-order valence-corrected chi connectivity index (χ3v) is 4.38. The Bertz CT molecular complexity index is 379. The van der Waals surface area contributed by atoms with Crippen molar-refractivity contribution < 1.29 is 4.79 Å². The third-order valence-electron chi connectivity index (χ3n) is 3.55. The summed E-state index contributed by atoms with van der Waals surface area (Å²) < 4.78 is 0. The molecular weight excluding hydrogens is 290 g/mol. The highest BCUT2D eigenvalue weighted by Gasteiger charge is 2.22. The van der Waals surface area contributed by atoms with Gasteiger partial charge in [-0.1, -0.05) is 46.3 Å². The molecule has 1 aromatic carbocycles. The van der Waals surface area contributed by atoms with Gasteiger partial charge in [-0.25, -0.2) is 0 Å². The number of halogens is 1. The largest absolute Gasteiger partial charge is 0.356 e. The molecule has 0 aromatic heterocycles. The number of alkyl halides is 1. The van der Waals surface area contributed by atoms with Gasteiger partial charge in [0.25, 0.3) is 0 Å². The lowest BCUT2D eigenvalue weighted by atomic mass is 10.1. The van der Waals surface area contributed by atoms with Crippen LogP contribution in [0.4, 0.5) is 0 Å². The smallest absolute Gasteiger partial charge is 0.220 e. The molecule has 2 atom stereocenters. The van der Waals surface area contributed by atoms with Crippen molar-refractivity contribution in [2.24, 2.45) is 5.92 Å². The van der Waals surface area contributed by atoms with E-state index in [2.05, 4.69) is 33.4 Å². The molecular formula is C15H20BrNO. The molecule has 2 unspecified atom stereocenters. The molecule has 0 saturated heterocycles. The first kappa shape index (κ1) is 13.6. The number of carbonyl (C=O) groups excluding carboxylic acids is 1. The lowest BCUT2D eigenvalue weighted by Gasteiger charge is -2.10. The average molecular weight is 310 g/mol. The van der Waals surface area contributed by atoms with Gasteiger partial charge in [0.05, 0.1) is 0 Å². The predicted molar refractivity (Wildman–Crippen MR) is 77.8 cm³/mol. The van der Waals surface area contributed by atoms with Gasteiger partial charge in [0, 0.05) is 17.8 Å². The first-order valence-corrected chi connectivity index (χ1v) is 7.60. The predicted octanol–water partition coefficient (Wildman–Crippen LogP) is 3.30. The zero-order chi connectivity index (χ0) is 12.8. The Kier molecular flexibility index (Phi) is 5.24. The topological polar surface area (TPSA) is 29.1 Å². The van der Waals surface area contributed by atoms with Gasteiger partial charge in [-0.15, -0.1) is 0 Å². The number of aryl methyl sites for hydroxylation is 1.